The number of hydrogen-bond acceptors (Lipinski definition) is 7. The number of nitrogens with zero attached hydrogens (tertiary/aromatic N) is 2. The molecule has 2 aromatic carbocycles. The first kappa shape index (κ1) is 22.6. The van der Waals surface area contributed by atoms with Crippen LogP contribution < -0.4 is 15.2 Å². The van der Waals surface area contributed by atoms with E-state index in [1.54, 1.807) is 0 Å². The van der Waals surface area contributed by atoms with Crippen molar-refractivity contribution >= 4 is 33.6 Å². The molecule has 0 spiro atoms. The third-order valence-electron chi connectivity index (χ3n) is 4.90. The predicted octanol–water partition coefficient (Wildman–Crippen LogP) is 2.71. The highest BCUT2D eigenvalue weighted by atomic mass is 35.5. The second-order valence-corrected chi connectivity index (χ2v) is 9.06. The molecule has 0 saturated carbocycles. The van der Waals surface area contributed by atoms with E-state index >= 15 is 0 Å². The number of aromatic nitrogens is 1. The van der Waals surface area contributed by atoms with Crippen LogP contribution in [0, 0.1) is 11.6 Å². The smallest absolute Gasteiger partial charge is 0.306 e. The van der Waals surface area contributed by atoms with Crippen molar-refractivity contribution in [2.45, 2.75) is 5.54 Å². The lowest BCUT2D eigenvalue weighted by atomic mass is 9.82. The minimum absolute atomic E-state index is 0.0139. The molecule has 2 heterocycles. The topological polar surface area (TPSA) is 124 Å². The summed E-state index contributed by atoms with van der Waals surface area (Å²) in [5, 5.41) is 1.98. The Balaban J connectivity index is 1.90. The van der Waals surface area contributed by atoms with Gasteiger partial charge in [-0.15, -0.1) is 0 Å². The number of rotatable bonds is 5. The highest BCUT2D eigenvalue weighted by Gasteiger charge is 2.47. The third-order valence-corrected chi connectivity index (χ3v) is 5.66. The Morgan fingerprint density at radius 3 is 2.33 bits per heavy atom. The molecule has 0 bridgehead atoms. The van der Waals surface area contributed by atoms with Crippen molar-refractivity contribution < 1.29 is 26.2 Å². The minimum atomic E-state index is -3.76. The lowest BCUT2D eigenvalue weighted by molar-refractivity contribution is -0.122. The van der Waals surface area contributed by atoms with E-state index in [2.05, 4.69) is 15.3 Å². The molecule has 8 nitrogen and oxygen atoms in total. The summed E-state index contributed by atoms with van der Waals surface area (Å²) in [5.41, 5.74) is 4.16. The van der Waals surface area contributed by atoms with Crippen LogP contribution in [0.4, 0.5) is 8.78 Å². The van der Waals surface area contributed by atoms with Crippen LogP contribution in [0.25, 0.3) is 11.1 Å². The highest BCUT2D eigenvalue weighted by Crippen LogP contribution is 2.40. The van der Waals surface area contributed by atoms with Crippen LogP contribution in [0.15, 0.2) is 59.7 Å². The van der Waals surface area contributed by atoms with Crippen LogP contribution in [0.1, 0.15) is 11.1 Å². The fourth-order valence-electron chi connectivity index (χ4n) is 3.53. The molecule has 0 fully saturated rings. The standard InChI is InChI=1S/C21H15ClF2N4O4S/c1-33(30,31)32-13-5-2-11(3-6-13)21(19(29)27-20(25)28-21)12-4-7-16(23)15(10-12)14-8-9-26-18(22)17(14)24/h2-10H,1H3,(H3,25,27,28,29). The van der Waals surface area contributed by atoms with Crippen LogP contribution in [0.2, 0.25) is 5.15 Å². The van der Waals surface area contributed by atoms with Gasteiger partial charge in [-0.1, -0.05) is 29.8 Å². The van der Waals surface area contributed by atoms with Gasteiger partial charge in [0.05, 0.1) is 6.26 Å². The maximum absolute atomic E-state index is 14.7. The average molecular weight is 493 g/mol. The number of carbonyl (C=O) groups is 1. The summed E-state index contributed by atoms with van der Waals surface area (Å²) in [5.74, 6) is -2.49. The molecule has 1 aromatic heterocycles. The third kappa shape index (κ3) is 4.12. The minimum Gasteiger partial charge on any atom is -0.383 e. The van der Waals surface area contributed by atoms with Crippen molar-refractivity contribution in [1.82, 2.24) is 10.3 Å². The fourth-order valence-corrected chi connectivity index (χ4v) is 4.15. The number of benzene rings is 2. The molecular weight excluding hydrogens is 478 g/mol. The number of pyridine rings is 1. The van der Waals surface area contributed by atoms with Gasteiger partial charge in [0.15, 0.2) is 22.5 Å². The summed E-state index contributed by atoms with van der Waals surface area (Å²) in [4.78, 5) is 20.9. The molecular formula is C21H15ClF2N4O4S. The van der Waals surface area contributed by atoms with Gasteiger partial charge >= 0.3 is 10.1 Å². The molecule has 170 valence electrons. The van der Waals surface area contributed by atoms with E-state index < -0.39 is 38.4 Å². The van der Waals surface area contributed by atoms with Gasteiger partial charge in [-0.05, 0) is 41.5 Å². The SMILES string of the molecule is CS(=O)(=O)Oc1ccc(C2(c3ccc(F)c(-c4ccnc(Cl)c4F)c3)N=C(N)NC2=O)cc1. The molecule has 33 heavy (non-hydrogen) atoms. The highest BCUT2D eigenvalue weighted by molar-refractivity contribution is 7.86. The Kier molecular flexibility index (Phi) is 5.54. The van der Waals surface area contributed by atoms with Crippen LogP contribution in [0.5, 0.6) is 5.75 Å². The second kappa shape index (κ2) is 8.09. The zero-order valence-corrected chi connectivity index (χ0v) is 18.4. The molecule has 1 amide bonds. The summed E-state index contributed by atoms with van der Waals surface area (Å²) < 4.78 is 56.8. The molecule has 0 radical (unpaired) electrons. The van der Waals surface area contributed by atoms with Crippen molar-refractivity contribution in [3.8, 4) is 16.9 Å². The quantitative estimate of drug-likeness (QED) is 0.417. The largest absolute Gasteiger partial charge is 0.383 e. The van der Waals surface area contributed by atoms with Crippen molar-refractivity contribution in [1.29, 1.82) is 0 Å². The maximum Gasteiger partial charge on any atom is 0.306 e. The van der Waals surface area contributed by atoms with Gasteiger partial charge < -0.3 is 9.92 Å². The molecule has 1 atom stereocenters. The van der Waals surface area contributed by atoms with Crippen molar-refractivity contribution in [2.24, 2.45) is 10.7 Å². The molecule has 0 saturated heterocycles. The van der Waals surface area contributed by atoms with Crippen molar-refractivity contribution in [3.05, 3.63) is 82.6 Å². The van der Waals surface area contributed by atoms with Gasteiger partial charge in [0.1, 0.15) is 11.6 Å². The molecule has 4 rings (SSSR count). The summed E-state index contributed by atoms with van der Waals surface area (Å²) >= 11 is 5.74. The van der Waals surface area contributed by atoms with Gasteiger partial charge in [-0.3, -0.25) is 10.1 Å². The Morgan fingerprint density at radius 2 is 1.73 bits per heavy atom. The van der Waals surface area contributed by atoms with Gasteiger partial charge in [-0.2, -0.15) is 8.42 Å². The van der Waals surface area contributed by atoms with E-state index in [1.807, 2.05) is 0 Å². The second-order valence-electron chi connectivity index (χ2n) is 7.13. The van der Waals surface area contributed by atoms with Crippen molar-refractivity contribution in [2.75, 3.05) is 6.26 Å². The Bertz CT molecular complexity index is 1410. The van der Waals surface area contributed by atoms with E-state index in [4.69, 9.17) is 21.5 Å². The number of amides is 1. The van der Waals surface area contributed by atoms with Crippen LogP contribution in [0.3, 0.4) is 0 Å². The van der Waals surface area contributed by atoms with E-state index in [9.17, 15) is 22.0 Å². The molecule has 0 aliphatic carbocycles. The van der Waals surface area contributed by atoms with Crippen LogP contribution >= 0.6 is 11.6 Å². The van der Waals surface area contributed by atoms with Crippen molar-refractivity contribution in [3.63, 3.8) is 0 Å². The summed E-state index contributed by atoms with van der Waals surface area (Å²) in [7, 11) is -3.76. The first-order chi connectivity index (χ1) is 15.5. The summed E-state index contributed by atoms with van der Waals surface area (Å²) in [6, 6.07) is 10.4. The Labute approximate surface area is 192 Å². The van der Waals surface area contributed by atoms with E-state index in [0.29, 0.717) is 0 Å². The maximum atomic E-state index is 14.7. The average Bonchev–Trinajstić information content (AvgIpc) is 3.05. The zero-order chi connectivity index (χ0) is 24.0. The first-order valence-electron chi connectivity index (χ1n) is 9.28. The lowest BCUT2D eigenvalue weighted by Crippen LogP contribution is -2.39. The van der Waals surface area contributed by atoms with E-state index in [1.165, 1.54) is 48.7 Å². The fraction of sp³-hybridized carbons (Fsp3) is 0.0952. The lowest BCUT2D eigenvalue weighted by Gasteiger charge is -2.25. The number of nitrogens with one attached hydrogen (secondary N) is 1. The van der Waals surface area contributed by atoms with Crippen LogP contribution in [-0.2, 0) is 20.5 Å². The van der Waals surface area contributed by atoms with Gasteiger partial charge in [0, 0.05) is 17.3 Å². The number of hydrogen-bond donors (Lipinski definition) is 2. The molecule has 3 N–H and O–H groups in total. The molecule has 1 unspecified atom stereocenters. The van der Waals surface area contributed by atoms with Gasteiger partial charge in [0.25, 0.3) is 5.91 Å². The number of halogens is 3. The predicted molar refractivity (Wildman–Crippen MR) is 117 cm³/mol. The normalized spacial score (nSPS) is 18.1. The summed E-state index contributed by atoms with van der Waals surface area (Å²) in [6.45, 7) is 0. The van der Waals surface area contributed by atoms with E-state index in [0.717, 1.165) is 12.3 Å². The summed E-state index contributed by atoms with van der Waals surface area (Å²) in [6.07, 6.45) is 2.11. The van der Waals surface area contributed by atoms with Gasteiger partial charge in [0.2, 0.25) is 0 Å². The molecule has 1 aliphatic rings. The number of nitrogens with two attached hydrogens (primary N) is 1. The van der Waals surface area contributed by atoms with Gasteiger partial charge in [-0.25, -0.2) is 18.8 Å². The Hall–Kier alpha value is -3.57. The monoisotopic (exact) mass is 492 g/mol. The van der Waals surface area contributed by atoms with Crippen LogP contribution in [-0.4, -0.2) is 31.5 Å². The number of guanidine groups is 1. The number of aliphatic imine (C=N–C) groups is 1. The molecule has 1 aliphatic heterocycles. The number of carbonyl (C=O) groups excluding carboxylic acids is 1. The molecule has 3 aromatic rings. The van der Waals surface area contributed by atoms with E-state index in [-0.39, 0.29) is 34.0 Å². The first-order valence-corrected chi connectivity index (χ1v) is 11.5. The zero-order valence-electron chi connectivity index (χ0n) is 16.8. The Morgan fingerprint density at radius 1 is 1.06 bits per heavy atom. The molecule has 12 heteroatoms.